The summed E-state index contributed by atoms with van der Waals surface area (Å²) >= 11 is 0. The van der Waals surface area contributed by atoms with Gasteiger partial charge in [-0.3, -0.25) is 0 Å². The average Bonchev–Trinajstić information content (AvgIpc) is 2.12. The van der Waals surface area contributed by atoms with Crippen LogP contribution in [-0.4, -0.2) is 30.1 Å². The fourth-order valence-corrected chi connectivity index (χ4v) is 2.03. The van der Waals surface area contributed by atoms with Crippen LogP contribution in [0.25, 0.3) is 0 Å². The van der Waals surface area contributed by atoms with Crippen LogP contribution < -0.4 is 5.32 Å². The molecule has 1 saturated heterocycles. The lowest BCUT2D eigenvalue weighted by Gasteiger charge is -2.34. The molecule has 80 valence electrons. The van der Waals surface area contributed by atoms with Gasteiger partial charge in [-0.25, -0.2) is 4.79 Å². The third-order valence-electron chi connectivity index (χ3n) is 3.50. The number of amides is 2. The van der Waals surface area contributed by atoms with Crippen molar-refractivity contribution in [1.82, 2.24) is 10.2 Å². The summed E-state index contributed by atoms with van der Waals surface area (Å²) in [6, 6.07) is 0.642. The molecule has 2 rings (SSSR count). The molecule has 3 nitrogen and oxygen atoms in total. The van der Waals surface area contributed by atoms with Gasteiger partial charge in [-0.05, 0) is 38.0 Å². The molecule has 0 atom stereocenters. The summed E-state index contributed by atoms with van der Waals surface area (Å²) in [5.41, 5.74) is 0. The van der Waals surface area contributed by atoms with Gasteiger partial charge in [0.25, 0.3) is 0 Å². The Balaban J connectivity index is 1.74. The average molecular weight is 196 g/mol. The number of rotatable bonds is 1. The van der Waals surface area contributed by atoms with Crippen LogP contribution in [0.2, 0.25) is 0 Å². The number of urea groups is 1. The minimum atomic E-state index is 0.168. The first-order chi connectivity index (χ1) is 6.75. The molecule has 0 radical (unpaired) electrons. The molecule has 2 fully saturated rings. The van der Waals surface area contributed by atoms with Crippen molar-refractivity contribution in [3.8, 4) is 0 Å². The van der Waals surface area contributed by atoms with Gasteiger partial charge in [0.1, 0.15) is 0 Å². The van der Waals surface area contributed by atoms with Crippen LogP contribution in [0.1, 0.15) is 39.0 Å². The van der Waals surface area contributed by atoms with Crippen LogP contribution in [0.4, 0.5) is 4.79 Å². The van der Waals surface area contributed by atoms with Crippen molar-refractivity contribution in [3.63, 3.8) is 0 Å². The third kappa shape index (κ3) is 2.20. The predicted octanol–water partition coefficient (Wildman–Crippen LogP) is 1.98. The van der Waals surface area contributed by atoms with Crippen LogP contribution in [0.3, 0.4) is 0 Å². The van der Waals surface area contributed by atoms with E-state index in [1.807, 2.05) is 4.90 Å². The highest BCUT2D eigenvalue weighted by Gasteiger charge is 2.24. The summed E-state index contributed by atoms with van der Waals surface area (Å²) in [5, 5.41) is 3.09. The number of piperidine rings is 1. The fourth-order valence-electron chi connectivity index (χ4n) is 2.03. The van der Waals surface area contributed by atoms with Crippen molar-refractivity contribution in [2.75, 3.05) is 13.1 Å². The number of hydrogen-bond donors (Lipinski definition) is 1. The third-order valence-corrected chi connectivity index (χ3v) is 3.50. The van der Waals surface area contributed by atoms with Gasteiger partial charge in [0.05, 0.1) is 0 Å². The summed E-state index contributed by atoms with van der Waals surface area (Å²) < 4.78 is 0. The second-order valence-electron chi connectivity index (χ2n) is 4.75. The first-order valence-electron chi connectivity index (χ1n) is 5.81. The first kappa shape index (κ1) is 9.81. The lowest BCUT2D eigenvalue weighted by Crippen LogP contribution is -2.49. The molecule has 0 unspecified atom stereocenters. The van der Waals surface area contributed by atoms with Gasteiger partial charge in [-0.1, -0.05) is 6.92 Å². The highest BCUT2D eigenvalue weighted by atomic mass is 16.2. The van der Waals surface area contributed by atoms with E-state index in [4.69, 9.17) is 0 Å². The van der Waals surface area contributed by atoms with Gasteiger partial charge >= 0.3 is 6.03 Å². The van der Waals surface area contributed by atoms with Crippen molar-refractivity contribution in [1.29, 1.82) is 0 Å². The molecular weight excluding hydrogens is 176 g/mol. The summed E-state index contributed by atoms with van der Waals surface area (Å²) in [6.45, 7) is 4.15. The van der Waals surface area contributed by atoms with Crippen molar-refractivity contribution < 1.29 is 4.79 Å². The number of carbonyl (C=O) groups is 1. The van der Waals surface area contributed by atoms with Crippen LogP contribution in [0, 0.1) is 5.92 Å². The molecule has 0 bridgehead atoms. The van der Waals surface area contributed by atoms with E-state index in [1.165, 1.54) is 19.3 Å². The largest absolute Gasteiger partial charge is 0.335 e. The van der Waals surface area contributed by atoms with Gasteiger partial charge in [0, 0.05) is 19.1 Å². The molecular formula is C11H20N2O. The maximum atomic E-state index is 11.7. The molecule has 14 heavy (non-hydrogen) atoms. The molecule has 0 aromatic carbocycles. The summed E-state index contributed by atoms with van der Waals surface area (Å²) in [7, 11) is 0. The Hall–Kier alpha value is -0.730. The number of nitrogens with one attached hydrogen (secondary N) is 1. The zero-order valence-corrected chi connectivity index (χ0v) is 8.96. The van der Waals surface area contributed by atoms with E-state index in [0.29, 0.717) is 6.04 Å². The fraction of sp³-hybridized carbons (Fsp3) is 0.909. The molecule has 2 aliphatic rings. The molecule has 1 aliphatic heterocycles. The molecule has 0 aromatic heterocycles. The molecule has 0 spiro atoms. The molecule has 1 aliphatic carbocycles. The van der Waals surface area contributed by atoms with Gasteiger partial charge < -0.3 is 10.2 Å². The normalized spacial score (nSPS) is 24.5. The molecule has 1 heterocycles. The standard InChI is InChI=1S/C11H20N2O/c1-9-5-7-13(8-6-9)11(14)12-10-3-2-4-10/h9-10H,2-8H2,1H3,(H,12,14). The van der Waals surface area contributed by atoms with Crippen LogP contribution >= 0.6 is 0 Å². The van der Waals surface area contributed by atoms with E-state index in [9.17, 15) is 4.79 Å². The Morgan fingerprint density at radius 3 is 2.36 bits per heavy atom. The van der Waals surface area contributed by atoms with Crippen molar-refractivity contribution in [2.24, 2.45) is 5.92 Å². The number of nitrogens with zero attached hydrogens (tertiary/aromatic N) is 1. The monoisotopic (exact) mass is 196 g/mol. The zero-order chi connectivity index (χ0) is 9.97. The SMILES string of the molecule is CC1CCN(C(=O)NC2CCC2)CC1. The van der Waals surface area contributed by atoms with E-state index in [0.717, 1.165) is 31.8 Å². The summed E-state index contributed by atoms with van der Waals surface area (Å²) in [5.74, 6) is 0.794. The Morgan fingerprint density at radius 2 is 1.86 bits per heavy atom. The smallest absolute Gasteiger partial charge is 0.317 e. The van der Waals surface area contributed by atoms with Crippen molar-refractivity contribution >= 4 is 6.03 Å². The lowest BCUT2D eigenvalue weighted by molar-refractivity contribution is 0.165. The number of hydrogen-bond acceptors (Lipinski definition) is 1. The maximum Gasteiger partial charge on any atom is 0.317 e. The zero-order valence-electron chi connectivity index (χ0n) is 8.96. The minimum Gasteiger partial charge on any atom is -0.335 e. The Labute approximate surface area is 85.8 Å². The van der Waals surface area contributed by atoms with Gasteiger partial charge in [0.2, 0.25) is 0 Å². The van der Waals surface area contributed by atoms with Gasteiger partial charge in [-0.2, -0.15) is 0 Å². The van der Waals surface area contributed by atoms with E-state index < -0.39 is 0 Å². The molecule has 1 saturated carbocycles. The summed E-state index contributed by atoms with van der Waals surface area (Å²) in [6.07, 6.45) is 5.96. The van der Waals surface area contributed by atoms with E-state index >= 15 is 0 Å². The molecule has 1 N–H and O–H groups in total. The van der Waals surface area contributed by atoms with Crippen molar-refractivity contribution in [2.45, 2.75) is 45.1 Å². The van der Waals surface area contributed by atoms with E-state index in [-0.39, 0.29) is 6.03 Å². The maximum absolute atomic E-state index is 11.7. The van der Waals surface area contributed by atoms with E-state index in [1.54, 1.807) is 0 Å². The second-order valence-corrected chi connectivity index (χ2v) is 4.75. The number of carbonyl (C=O) groups excluding carboxylic acids is 1. The first-order valence-corrected chi connectivity index (χ1v) is 5.81. The Bertz CT molecular complexity index is 205. The van der Waals surface area contributed by atoms with E-state index in [2.05, 4.69) is 12.2 Å². The van der Waals surface area contributed by atoms with Crippen LogP contribution in [0.15, 0.2) is 0 Å². The van der Waals surface area contributed by atoms with Crippen LogP contribution in [-0.2, 0) is 0 Å². The molecule has 2 amide bonds. The summed E-state index contributed by atoms with van der Waals surface area (Å²) in [4.78, 5) is 13.7. The molecule has 0 aromatic rings. The Kier molecular flexibility index (Phi) is 2.94. The minimum absolute atomic E-state index is 0.168. The van der Waals surface area contributed by atoms with Gasteiger partial charge in [-0.15, -0.1) is 0 Å². The highest BCUT2D eigenvalue weighted by Crippen LogP contribution is 2.20. The van der Waals surface area contributed by atoms with Crippen molar-refractivity contribution in [3.05, 3.63) is 0 Å². The second kappa shape index (κ2) is 4.20. The number of likely N-dealkylation sites (tertiary alicyclic amines) is 1. The quantitative estimate of drug-likeness (QED) is 0.683. The molecule has 3 heteroatoms. The van der Waals surface area contributed by atoms with Gasteiger partial charge in [0.15, 0.2) is 0 Å². The predicted molar refractivity (Wildman–Crippen MR) is 56.1 cm³/mol. The lowest BCUT2D eigenvalue weighted by atomic mass is 9.93. The topological polar surface area (TPSA) is 32.3 Å². The highest BCUT2D eigenvalue weighted by molar-refractivity contribution is 5.74. The Morgan fingerprint density at radius 1 is 1.21 bits per heavy atom. The van der Waals surface area contributed by atoms with Crippen LogP contribution in [0.5, 0.6) is 0 Å².